The van der Waals surface area contributed by atoms with Crippen molar-refractivity contribution in [2.45, 2.75) is 11.4 Å². The van der Waals surface area contributed by atoms with Crippen molar-refractivity contribution in [1.29, 1.82) is 0 Å². The summed E-state index contributed by atoms with van der Waals surface area (Å²) in [6.45, 7) is 2.67. The van der Waals surface area contributed by atoms with Gasteiger partial charge in [0.1, 0.15) is 11.3 Å². The van der Waals surface area contributed by atoms with Crippen molar-refractivity contribution < 1.29 is 8.42 Å². The Hall–Kier alpha value is -2.78. The molecule has 9 heteroatoms. The number of hydrogen-bond donors (Lipinski definition) is 0. The zero-order valence-electron chi connectivity index (χ0n) is 17.3. The van der Waals surface area contributed by atoms with Crippen molar-refractivity contribution in [3.8, 4) is 5.69 Å². The molecule has 0 radical (unpaired) electrons. The molecule has 1 aliphatic heterocycles. The van der Waals surface area contributed by atoms with Gasteiger partial charge in [0.25, 0.3) is 0 Å². The van der Waals surface area contributed by atoms with Gasteiger partial charge in [0, 0.05) is 43.1 Å². The Bertz CT molecular complexity index is 1350. The van der Waals surface area contributed by atoms with Crippen LogP contribution in [0.2, 0.25) is 5.02 Å². The van der Waals surface area contributed by atoms with Crippen molar-refractivity contribution in [3.63, 3.8) is 0 Å². The van der Waals surface area contributed by atoms with Crippen LogP contribution in [0.1, 0.15) is 5.82 Å². The lowest BCUT2D eigenvalue weighted by atomic mass is 10.3. The second-order valence-corrected chi connectivity index (χ2v) is 10.1. The molecule has 32 heavy (non-hydrogen) atoms. The highest BCUT2D eigenvalue weighted by Gasteiger charge is 2.29. The number of imidazole rings is 1. The molecule has 2 aromatic carbocycles. The highest BCUT2D eigenvalue weighted by atomic mass is 35.5. The summed E-state index contributed by atoms with van der Waals surface area (Å²) >= 11 is 6.00. The smallest absolute Gasteiger partial charge is 0.243 e. The van der Waals surface area contributed by atoms with E-state index in [9.17, 15) is 8.42 Å². The van der Waals surface area contributed by atoms with Crippen LogP contribution < -0.4 is 0 Å². The van der Waals surface area contributed by atoms with E-state index in [1.807, 2.05) is 42.5 Å². The summed E-state index contributed by atoms with van der Waals surface area (Å²) in [5, 5.41) is 0.415. The van der Waals surface area contributed by atoms with Gasteiger partial charge in [-0.1, -0.05) is 35.9 Å². The largest absolute Gasteiger partial charge is 0.293 e. The van der Waals surface area contributed by atoms with Crippen molar-refractivity contribution in [2.75, 3.05) is 26.2 Å². The molecule has 1 fully saturated rings. The van der Waals surface area contributed by atoms with Gasteiger partial charge in [-0.25, -0.2) is 18.4 Å². The molecule has 0 spiro atoms. The SMILES string of the molecule is O=S(=O)(c1cccc(Cl)c1)N1CCN(Cc2nc3cccnc3n2-c2ccccc2)CC1. The van der Waals surface area contributed by atoms with Crippen LogP contribution in [0, 0.1) is 0 Å². The average molecular weight is 468 g/mol. The Morgan fingerprint density at radius 2 is 1.69 bits per heavy atom. The number of nitrogens with zero attached hydrogens (tertiary/aromatic N) is 5. The van der Waals surface area contributed by atoms with Gasteiger partial charge in [-0.15, -0.1) is 0 Å². The molecular weight excluding hydrogens is 446 g/mol. The lowest BCUT2D eigenvalue weighted by Gasteiger charge is -2.33. The number of rotatable bonds is 5. The Kier molecular flexibility index (Phi) is 5.69. The minimum Gasteiger partial charge on any atom is -0.293 e. The van der Waals surface area contributed by atoms with E-state index >= 15 is 0 Å². The number of pyridine rings is 1. The first-order chi connectivity index (χ1) is 15.5. The molecule has 2 aromatic heterocycles. The maximum atomic E-state index is 13.0. The minimum absolute atomic E-state index is 0.232. The molecule has 5 rings (SSSR count). The number of aromatic nitrogens is 3. The molecule has 7 nitrogen and oxygen atoms in total. The summed E-state index contributed by atoms with van der Waals surface area (Å²) < 4.78 is 29.6. The third-order valence-corrected chi connectivity index (χ3v) is 7.76. The summed E-state index contributed by atoms with van der Waals surface area (Å²) in [5.41, 5.74) is 2.66. The van der Waals surface area contributed by atoms with E-state index in [1.165, 1.54) is 10.4 Å². The summed E-state index contributed by atoms with van der Waals surface area (Å²) in [7, 11) is -3.56. The molecule has 3 heterocycles. The van der Waals surface area contributed by atoms with Gasteiger partial charge in [-0.05, 0) is 42.5 Å². The van der Waals surface area contributed by atoms with Crippen LogP contribution >= 0.6 is 11.6 Å². The fraction of sp³-hybridized carbons (Fsp3) is 0.217. The highest BCUT2D eigenvalue weighted by Crippen LogP contribution is 2.23. The van der Waals surface area contributed by atoms with E-state index in [4.69, 9.17) is 16.6 Å². The minimum atomic E-state index is -3.56. The number of benzene rings is 2. The lowest BCUT2D eigenvalue weighted by Crippen LogP contribution is -2.48. The normalized spacial score (nSPS) is 15.9. The van der Waals surface area contributed by atoms with Crippen molar-refractivity contribution in [3.05, 3.63) is 83.8 Å². The predicted molar refractivity (Wildman–Crippen MR) is 124 cm³/mol. The molecule has 164 valence electrons. The molecule has 0 aliphatic carbocycles. The van der Waals surface area contributed by atoms with Crippen LogP contribution in [0.4, 0.5) is 0 Å². The zero-order chi connectivity index (χ0) is 22.1. The van der Waals surface area contributed by atoms with E-state index in [0.717, 1.165) is 22.7 Å². The number of sulfonamides is 1. The standard InChI is InChI=1S/C23H22ClN5O2S/c24-18-6-4-9-20(16-18)32(30,31)28-14-12-27(13-15-28)17-22-26-21-10-5-11-25-23(21)29(22)19-7-2-1-3-8-19/h1-11,16H,12-15,17H2. The fourth-order valence-electron chi connectivity index (χ4n) is 4.02. The topological polar surface area (TPSA) is 71.3 Å². The van der Waals surface area contributed by atoms with Gasteiger partial charge in [0.15, 0.2) is 5.65 Å². The quantitative estimate of drug-likeness (QED) is 0.448. The molecular formula is C23H22ClN5O2S. The van der Waals surface area contributed by atoms with Gasteiger partial charge >= 0.3 is 0 Å². The molecule has 0 saturated carbocycles. The van der Waals surface area contributed by atoms with Crippen LogP contribution in [0.25, 0.3) is 16.9 Å². The van der Waals surface area contributed by atoms with Gasteiger partial charge in [0.05, 0.1) is 11.4 Å². The molecule has 0 atom stereocenters. The highest BCUT2D eigenvalue weighted by molar-refractivity contribution is 7.89. The first-order valence-electron chi connectivity index (χ1n) is 10.4. The Labute approximate surface area is 191 Å². The number of para-hydroxylation sites is 1. The Morgan fingerprint density at radius 1 is 0.906 bits per heavy atom. The lowest BCUT2D eigenvalue weighted by molar-refractivity contribution is 0.177. The molecule has 1 aliphatic rings. The van der Waals surface area contributed by atoms with Gasteiger partial charge < -0.3 is 0 Å². The van der Waals surface area contributed by atoms with Crippen molar-refractivity contribution in [2.24, 2.45) is 0 Å². The van der Waals surface area contributed by atoms with E-state index < -0.39 is 10.0 Å². The van der Waals surface area contributed by atoms with E-state index in [0.29, 0.717) is 37.7 Å². The summed E-state index contributed by atoms with van der Waals surface area (Å²) in [6.07, 6.45) is 1.77. The molecule has 0 amide bonds. The number of piperazine rings is 1. The summed E-state index contributed by atoms with van der Waals surface area (Å²) in [6, 6.07) is 20.3. The summed E-state index contributed by atoms with van der Waals surface area (Å²) in [4.78, 5) is 11.8. The Morgan fingerprint density at radius 3 is 2.44 bits per heavy atom. The second-order valence-electron chi connectivity index (χ2n) is 7.68. The second kappa shape index (κ2) is 8.63. The maximum Gasteiger partial charge on any atom is 0.243 e. The third-order valence-electron chi connectivity index (χ3n) is 5.63. The van der Waals surface area contributed by atoms with Crippen molar-refractivity contribution in [1.82, 2.24) is 23.7 Å². The van der Waals surface area contributed by atoms with Gasteiger partial charge in [-0.2, -0.15) is 4.31 Å². The number of halogens is 1. The van der Waals surface area contributed by atoms with Gasteiger partial charge in [0.2, 0.25) is 10.0 Å². The fourth-order valence-corrected chi connectivity index (χ4v) is 5.74. The number of hydrogen-bond acceptors (Lipinski definition) is 5. The van der Waals surface area contributed by atoms with E-state index in [-0.39, 0.29) is 4.90 Å². The molecule has 1 saturated heterocycles. The van der Waals surface area contributed by atoms with E-state index in [1.54, 1.807) is 24.4 Å². The van der Waals surface area contributed by atoms with Crippen LogP contribution in [0.3, 0.4) is 0 Å². The monoisotopic (exact) mass is 467 g/mol. The van der Waals surface area contributed by atoms with Gasteiger partial charge in [-0.3, -0.25) is 9.47 Å². The van der Waals surface area contributed by atoms with Crippen LogP contribution in [0.15, 0.2) is 77.8 Å². The van der Waals surface area contributed by atoms with Crippen LogP contribution in [-0.4, -0.2) is 58.3 Å². The first kappa shape index (κ1) is 21.1. The predicted octanol–water partition coefficient (Wildman–Crippen LogP) is 3.58. The van der Waals surface area contributed by atoms with Crippen LogP contribution in [-0.2, 0) is 16.6 Å². The van der Waals surface area contributed by atoms with E-state index in [2.05, 4.69) is 14.5 Å². The molecule has 0 bridgehead atoms. The van der Waals surface area contributed by atoms with Crippen molar-refractivity contribution >= 4 is 32.8 Å². The zero-order valence-corrected chi connectivity index (χ0v) is 18.9. The third kappa shape index (κ3) is 4.02. The first-order valence-corrected chi connectivity index (χ1v) is 12.2. The molecule has 4 aromatic rings. The Balaban J connectivity index is 1.36. The van der Waals surface area contributed by atoms with Crippen LogP contribution in [0.5, 0.6) is 0 Å². The molecule has 0 N–H and O–H groups in total. The average Bonchev–Trinajstić information content (AvgIpc) is 3.18. The molecule has 0 unspecified atom stereocenters. The number of fused-ring (bicyclic) bond motifs is 1. The summed E-state index contributed by atoms with van der Waals surface area (Å²) in [5.74, 6) is 0.885. The maximum absolute atomic E-state index is 13.0.